The van der Waals surface area contributed by atoms with E-state index in [1.807, 2.05) is 6.07 Å². The lowest BCUT2D eigenvalue weighted by Gasteiger charge is -2.15. The van der Waals surface area contributed by atoms with Crippen molar-refractivity contribution in [2.24, 2.45) is 11.8 Å². The highest BCUT2D eigenvalue weighted by atomic mass is 35.5. The molecule has 1 aromatic carbocycles. The Bertz CT molecular complexity index is 948. The molecule has 0 N–H and O–H groups in total. The topological polar surface area (TPSA) is 64.4 Å². The van der Waals surface area contributed by atoms with Gasteiger partial charge in [0.1, 0.15) is 5.02 Å². The minimum absolute atomic E-state index is 0.168. The summed E-state index contributed by atoms with van der Waals surface area (Å²) in [6.45, 7) is 0.383. The van der Waals surface area contributed by atoms with E-state index in [1.54, 1.807) is 23.0 Å². The molecule has 3 aliphatic heterocycles. The first-order chi connectivity index (χ1) is 12.9. The molecule has 2 amide bonds. The van der Waals surface area contributed by atoms with Gasteiger partial charge in [0.15, 0.2) is 5.82 Å². The Hall–Kier alpha value is -1.60. The highest BCUT2D eigenvalue weighted by Crippen LogP contribution is 2.49. The van der Waals surface area contributed by atoms with Crippen LogP contribution in [0.3, 0.4) is 0 Å². The molecule has 5 rings (SSSR count). The van der Waals surface area contributed by atoms with Gasteiger partial charge in [0.25, 0.3) is 0 Å². The maximum atomic E-state index is 12.9. The van der Waals surface area contributed by atoms with Crippen LogP contribution in [0.5, 0.6) is 0 Å². The molecule has 0 unspecified atom stereocenters. The van der Waals surface area contributed by atoms with E-state index in [0.29, 0.717) is 16.6 Å². The Morgan fingerprint density at radius 2 is 1.67 bits per heavy atom. The standard InChI is InChI=1S/C18H14Cl3N3O3/c19-9-2-1-8(5-10(9)20)6-23-7-11(21)16(22-23)24-17(25)14-12-3-4-13(27-12)15(14)18(24)26/h1-2,5,7,12-15H,3-4,6H2/t12-,13-,14+,15+/m1/s1. The predicted molar refractivity (Wildman–Crippen MR) is 100 cm³/mol. The van der Waals surface area contributed by atoms with Crippen LogP contribution in [0, 0.1) is 11.8 Å². The van der Waals surface area contributed by atoms with E-state index in [-0.39, 0.29) is 34.9 Å². The zero-order valence-corrected chi connectivity index (χ0v) is 16.2. The van der Waals surface area contributed by atoms with Gasteiger partial charge in [-0.1, -0.05) is 40.9 Å². The first kappa shape index (κ1) is 17.5. The monoisotopic (exact) mass is 425 g/mol. The number of amides is 2. The minimum Gasteiger partial charge on any atom is -0.373 e. The number of halogens is 3. The number of anilines is 1. The van der Waals surface area contributed by atoms with E-state index in [1.165, 1.54) is 0 Å². The van der Waals surface area contributed by atoms with E-state index in [2.05, 4.69) is 5.10 Å². The summed E-state index contributed by atoms with van der Waals surface area (Å²) in [5, 5.41) is 5.56. The average molecular weight is 427 g/mol. The summed E-state index contributed by atoms with van der Waals surface area (Å²) >= 11 is 18.3. The molecule has 2 bridgehead atoms. The van der Waals surface area contributed by atoms with Crippen LogP contribution in [0.25, 0.3) is 0 Å². The molecule has 1 aromatic heterocycles. The summed E-state index contributed by atoms with van der Waals surface area (Å²) in [7, 11) is 0. The number of hydrogen-bond donors (Lipinski definition) is 0. The van der Waals surface area contributed by atoms with Crippen LogP contribution in [-0.4, -0.2) is 33.8 Å². The lowest BCUT2D eigenvalue weighted by Crippen LogP contribution is -2.34. The second-order valence-electron chi connectivity index (χ2n) is 7.10. The number of carbonyl (C=O) groups excluding carboxylic acids is 2. The Morgan fingerprint density at radius 1 is 1.00 bits per heavy atom. The van der Waals surface area contributed by atoms with Crippen LogP contribution in [0.4, 0.5) is 5.82 Å². The Balaban J connectivity index is 1.44. The van der Waals surface area contributed by atoms with E-state index in [9.17, 15) is 9.59 Å². The average Bonchev–Trinajstić information content (AvgIpc) is 3.36. The summed E-state index contributed by atoms with van der Waals surface area (Å²) in [6, 6.07) is 5.27. The molecule has 9 heteroatoms. The van der Waals surface area contributed by atoms with Crippen LogP contribution in [0.2, 0.25) is 15.1 Å². The highest BCUT2D eigenvalue weighted by molar-refractivity contribution is 6.42. The molecule has 6 nitrogen and oxygen atoms in total. The van der Waals surface area contributed by atoms with Gasteiger partial charge in [-0.3, -0.25) is 14.3 Å². The number of benzene rings is 1. The zero-order valence-electron chi connectivity index (χ0n) is 13.9. The van der Waals surface area contributed by atoms with Gasteiger partial charge in [-0.2, -0.15) is 5.10 Å². The SMILES string of the molecule is O=C1[C@@H]2[C@@H](C(=O)N1c1nn(Cc3ccc(Cl)c(Cl)c3)cc1Cl)[C@H]1CC[C@H]2O1. The van der Waals surface area contributed by atoms with Crippen LogP contribution in [0.1, 0.15) is 18.4 Å². The molecule has 4 heterocycles. The van der Waals surface area contributed by atoms with Gasteiger partial charge >= 0.3 is 0 Å². The number of imide groups is 1. The molecule has 27 heavy (non-hydrogen) atoms. The summed E-state index contributed by atoms with van der Waals surface area (Å²) in [5.74, 6) is -1.17. The molecule has 2 aromatic rings. The molecule has 3 fully saturated rings. The fourth-order valence-corrected chi connectivity index (χ4v) is 4.92. The van der Waals surface area contributed by atoms with E-state index < -0.39 is 11.8 Å². The van der Waals surface area contributed by atoms with Crippen molar-refractivity contribution in [3.8, 4) is 0 Å². The fraction of sp³-hybridized carbons (Fsp3) is 0.389. The molecular formula is C18H14Cl3N3O3. The van der Waals surface area contributed by atoms with Gasteiger partial charge in [0.2, 0.25) is 11.8 Å². The first-order valence-electron chi connectivity index (χ1n) is 8.64. The normalized spacial score (nSPS) is 29.1. The van der Waals surface area contributed by atoms with Crippen molar-refractivity contribution in [1.29, 1.82) is 0 Å². The Labute approximate surface area is 169 Å². The van der Waals surface area contributed by atoms with Crippen molar-refractivity contribution >= 4 is 52.4 Å². The van der Waals surface area contributed by atoms with Crippen molar-refractivity contribution < 1.29 is 14.3 Å². The number of aromatic nitrogens is 2. The number of fused-ring (bicyclic) bond motifs is 5. The molecule has 140 valence electrons. The summed E-state index contributed by atoms with van der Waals surface area (Å²) in [6.07, 6.45) is 2.90. The quantitative estimate of drug-likeness (QED) is 0.704. The third kappa shape index (κ3) is 2.62. The largest absolute Gasteiger partial charge is 0.373 e. The molecule has 0 spiro atoms. The van der Waals surface area contributed by atoms with E-state index >= 15 is 0 Å². The van der Waals surface area contributed by atoms with E-state index in [0.717, 1.165) is 23.3 Å². The molecule has 3 saturated heterocycles. The number of hydrogen-bond acceptors (Lipinski definition) is 4. The van der Waals surface area contributed by atoms with Gasteiger partial charge in [0, 0.05) is 6.20 Å². The van der Waals surface area contributed by atoms with Crippen LogP contribution in [0.15, 0.2) is 24.4 Å². The smallest absolute Gasteiger partial charge is 0.241 e. The molecule has 0 saturated carbocycles. The van der Waals surface area contributed by atoms with Crippen molar-refractivity contribution in [2.45, 2.75) is 31.6 Å². The molecule has 0 radical (unpaired) electrons. The number of ether oxygens (including phenoxy) is 1. The number of rotatable bonds is 3. The number of carbonyl (C=O) groups is 2. The Morgan fingerprint density at radius 3 is 2.30 bits per heavy atom. The molecule has 0 aliphatic carbocycles. The lowest BCUT2D eigenvalue weighted by atomic mass is 9.81. The maximum absolute atomic E-state index is 12.9. The van der Waals surface area contributed by atoms with Gasteiger partial charge in [-0.25, -0.2) is 4.90 Å². The third-order valence-electron chi connectivity index (χ3n) is 5.52. The van der Waals surface area contributed by atoms with Gasteiger partial charge in [-0.05, 0) is 30.5 Å². The second-order valence-corrected chi connectivity index (χ2v) is 8.32. The highest BCUT2D eigenvalue weighted by Gasteiger charge is 2.63. The van der Waals surface area contributed by atoms with Crippen molar-refractivity contribution in [1.82, 2.24) is 9.78 Å². The fourth-order valence-electron chi connectivity index (χ4n) is 4.37. The van der Waals surface area contributed by atoms with Crippen molar-refractivity contribution in [3.63, 3.8) is 0 Å². The molecule has 4 atom stereocenters. The van der Waals surface area contributed by atoms with Crippen molar-refractivity contribution in [3.05, 3.63) is 45.0 Å². The summed E-state index contributed by atoms with van der Waals surface area (Å²) in [4.78, 5) is 26.9. The Kier molecular flexibility index (Phi) is 4.02. The van der Waals surface area contributed by atoms with Gasteiger partial charge in [0.05, 0.1) is 40.6 Å². The van der Waals surface area contributed by atoms with Gasteiger partial charge < -0.3 is 4.74 Å². The molecular weight excluding hydrogens is 413 g/mol. The third-order valence-corrected chi connectivity index (χ3v) is 6.53. The molecule has 3 aliphatic rings. The van der Waals surface area contributed by atoms with Crippen LogP contribution < -0.4 is 4.90 Å². The van der Waals surface area contributed by atoms with E-state index in [4.69, 9.17) is 39.5 Å². The maximum Gasteiger partial charge on any atom is 0.241 e. The van der Waals surface area contributed by atoms with Gasteiger partial charge in [-0.15, -0.1) is 0 Å². The second kappa shape index (κ2) is 6.21. The lowest BCUT2D eigenvalue weighted by molar-refractivity contribution is -0.124. The summed E-state index contributed by atoms with van der Waals surface area (Å²) in [5.41, 5.74) is 0.873. The van der Waals surface area contributed by atoms with Crippen LogP contribution >= 0.6 is 34.8 Å². The van der Waals surface area contributed by atoms with Crippen LogP contribution in [-0.2, 0) is 20.9 Å². The van der Waals surface area contributed by atoms with Crippen molar-refractivity contribution in [2.75, 3.05) is 4.90 Å². The number of nitrogens with zero attached hydrogens (tertiary/aromatic N) is 3. The zero-order chi connectivity index (χ0) is 18.9. The minimum atomic E-state index is -0.410. The predicted octanol–water partition coefficient (Wildman–Crippen LogP) is 3.56. The first-order valence-corrected chi connectivity index (χ1v) is 9.77. The summed E-state index contributed by atoms with van der Waals surface area (Å²) < 4.78 is 7.33.